The molecule has 0 amide bonds. The van der Waals surface area contributed by atoms with Crippen LogP contribution in [0, 0.1) is 0 Å². The van der Waals surface area contributed by atoms with Crippen LogP contribution in [0.1, 0.15) is 16.9 Å². The summed E-state index contributed by atoms with van der Waals surface area (Å²) in [4.78, 5) is 5.32. The quantitative estimate of drug-likeness (QED) is 0.461. The molecule has 0 saturated carbocycles. The van der Waals surface area contributed by atoms with Crippen molar-refractivity contribution in [2.45, 2.75) is 19.1 Å². The van der Waals surface area contributed by atoms with Crippen LogP contribution >= 0.6 is 27.3 Å². The van der Waals surface area contributed by atoms with E-state index in [4.69, 9.17) is 0 Å². The van der Waals surface area contributed by atoms with E-state index in [0.29, 0.717) is 10.9 Å². The Balaban J connectivity index is 1.52. The third-order valence-electron chi connectivity index (χ3n) is 3.84. The van der Waals surface area contributed by atoms with Crippen molar-refractivity contribution in [3.8, 4) is 0 Å². The first kappa shape index (κ1) is 19.1. The van der Waals surface area contributed by atoms with Crippen molar-refractivity contribution in [2.24, 2.45) is 0 Å². The number of pyridine rings is 1. The molecule has 0 aliphatic carbocycles. The Kier molecular flexibility index (Phi) is 6.16. The van der Waals surface area contributed by atoms with E-state index in [2.05, 4.69) is 43.0 Å². The Hall–Kier alpha value is -1.64. The van der Waals surface area contributed by atoms with Gasteiger partial charge in [-0.3, -0.25) is 4.98 Å². The van der Waals surface area contributed by atoms with Crippen molar-refractivity contribution >= 4 is 43.9 Å². The molecular formula is C18H17BrF3N3S. The molecule has 0 fully saturated rings. The number of thiophene rings is 1. The summed E-state index contributed by atoms with van der Waals surface area (Å²) in [5, 5.41) is 9.40. The fourth-order valence-electron chi connectivity index (χ4n) is 2.57. The predicted octanol–water partition coefficient (Wildman–Crippen LogP) is 5.67. The highest BCUT2D eigenvalue weighted by Gasteiger charge is 2.30. The third kappa shape index (κ3) is 4.96. The summed E-state index contributed by atoms with van der Waals surface area (Å²) in [6.07, 6.45) is -1.93. The molecule has 3 rings (SSSR count). The number of fused-ring (bicyclic) bond motifs is 1. The Morgan fingerprint density at radius 2 is 1.96 bits per heavy atom. The summed E-state index contributed by atoms with van der Waals surface area (Å²) in [6, 6.07) is 7.53. The van der Waals surface area contributed by atoms with Crippen LogP contribution < -0.4 is 10.6 Å². The molecule has 0 spiro atoms. The van der Waals surface area contributed by atoms with Gasteiger partial charge in [0, 0.05) is 45.1 Å². The molecular weight excluding hydrogens is 427 g/mol. The molecule has 2 N–H and O–H groups in total. The minimum atomic E-state index is -4.36. The van der Waals surface area contributed by atoms with Crippen LogP contribution in [0.25, 0.3) is 10.9 Å². The van der Waals surface area contributed by atoms with Gasteiger partial charge in [-0.2, -0.15) is 13.2 Å². The minimum absolute atomic E-state index is 0.339. The van der Waals surface area contributed by atoms with E-state index in [0.717, 1.165) is 48.3 Å². The number of benzene rings is 1. The van der Waals surface area contributed by atoms with Crippen LogP contribution in [0.5, 0.6) is 0 Å². The number of hydrogen-bond donors (Lipinski definition) is 2. The van der Waals surface area contributed by atoms with Crippen molar-refractivity contribution < 1.29 is 13.2 Å². The summed E-state index contributed by atoms with van der Waals surface area (Å²) in [5.41, 5.74) is 0.455. The van der Waals surface area contributed by atoms with Gasteiger partial charge in [0.2, 0.25) is 0 Å². The first-order valence-electron chi connectivity index (χ1n) is 8.07. The monoisotopic (exact) mass is 443 g/mol. The van der Waals surface area contributed by atoms with E-state index in [1.165, 1.54) is 17.1 Å². The van der Waals surface area contributed by atoms with E-state index < -0.39 is 11.7 Å². The molecule has 3 nitrogen and oxygen atoms in total. The lowest BCUT2D eigenvalue weighted by Crippen LogP contribution is -2.17. The second-order valence-electron chi connectivity index (χ2n) is 5.78. The zero-order valence-corrected chi connectivity index (χ0v) is 16.1. The third-order valence-corrected chi connectivity index (χ3v) is 5.53. The molecule has 1 aromatic carbocycles. The van der Waals surface area contributed by atoms with Crippen molar-refractivity contribution in [3.05, 3.63) is 56.8 Å². The summed E-state index contributed by atoms with van der Waals surface area (Å²) >= 11 is 5.13. The van der Waals surface area contributed by atoms with Gasteiger partial charge in [-0.15, -0.1) is 11.3 Å². The molecule has 0 saturated heterocycles. The second-order valence-corrected chi connectivity index (χ2v) is 7.69. The maximum Gasteiger partial charge on any atom is 0.416 e. The maximum atomic E-state index is 12.8. The number of halogens is 4. The summed E-state index contributed by atoms with van der Waals surface area (Å²) in [7, 11) is 0. The average molecular weight is 444 g/mol. The molecule has 0 aliphatic rings. The van der Waals surface area contributed by atoms with Gasteiger partial charge in [-0.1, -0.05) is 6.07 Å². The van der Waals surface area contributed by atoms with Gasteiger partial charge in [0.15, 0.2) is 0 Å². The Morgan fingerprint density at radius 3 is 2.69 bits per heavy atom. The summed E-state index contributed by atoms with van der Waals surface area (Å²) in [6.45, 7) is 2.40. The average Bonchev–Trinajstić information content (AvgIpc) is 3.02. The number of nitrogens with one attached hydrogen (secondary N) is 2. The van der Waals surface area contributed by atoms with E-state index in [-0.39, 0.29) is 0 Å². The topological polar surface area (TPSA) is 37.0 Å². The molecule has 2 heterocycles. The fraction of sp³-hybridized carbons (Fsp3) is 0.278. The highest BCUT2D eigenvalue weighted by molar-refractivity contribution is 9.10. The van der Waals surface area contributed by atoms with Gasteiger partial charge in [-0.25, -0.2) is 0 Å². The summed E-state index contributed by atoms with van der Waals surface area (Å²) < 4.78 is 39.5. The molecule has 0 aliphatic heterocycles. The van der Waals surface area contributed by atoms with Crippen LogP contribution in [0.4, 0.5) is 18.9 Å². The fourth-order valence-corrected chi connectivity index (χ4v) is 3.99. The maximum absolute atomic E-state index is 12.8. The Labute approximate surface area is 161 Å². The van der Waals surface area contributed by atoms with Crippen molar-refractivity contribution in [1.29, 1.82) is 0 Å². The highest BCUT2D eigenvalue weighted by atomic mass is 79.9. The normalized spacial score (nSPS) is 11.8. The smallest absolute Gasteiger partial charge is 0.384 e. The lowest BCUT2D eigenvalue weighted by Gasteiger charge is -2.12. The van der Waals surface area contributed by atoms with Crippen LogP contribution in [0.15, 0.2) is 46.4 Å². The number of aromatic nitrogens is 1. The minimum Gasteiger partial charge on any atom is -0.384 e. The molecule has 3 aromatic rings. The lowest BCUT2D eigenvalue weighted by atomic mass is 10.1. The van der Waals surface area contributed by atoms with Gasteiger partial charge in [0.25, 0.3) is 0 Å². The van der Waals surface area contributed by atoms with Gasteiger partial charge >= 0.3 is 6.18 Å². The van der Waals surface area contributed by atoms with Crippen LogP contribution in [0.3, 0.4) is 0 Å². The predicted molar refractivity (Wildman–Crippen MR) is 104 cm³/mol. The van der Waals surface area contributed by atoms with Gasteiger partial charge in [-0.05, 0) is 53.2 Å². The first-order valence-corrected chi connectivity index (χ1v) is 9.74. The second kappa shape index (κ2) is 8.37. The number of anilines is 1. The number of alkyl halides is 3. The largest absolute Gasteiger partial charge is 0.416 e. The zero-order chi connectivity index (χ0) is 18.6. The molecule has 0 atom stereocenters. The van der Waals surface area contributed by atoms with Crippen molar-refractivity contribution in [3.63, 3.8) is 0 Å². The highest BCUT2D eigenvalue weighted by Crippen LogP contribution is 2.32. The molecule has 2 aromatic heterocycles. The first-order chi connectivity index (χ1) is 12.4. The van der Waals surface area contributed by atoms with E-state index in [1.807, 2.05) is 0 Å². The SMILES string of the molecule is FC(F)(F)c1ccc2c(NCCCNCc3cc(Br)cs3)ccnc2c1. The molecule has 0 bridgehead atoms. The number of rotatable bonds is 7. The molecule has 26 heavy (non-hydrogen) atoms. The standard InChI is InChI=1S/C18H17BrF3N3S/c19-13-9-14(26-11-13)10-23-5-1-6-24-16-4-7-25-17-8-12(18(20,21)22)2-3-15(16)17/h2-4,7-9,11,23H,1,5-6,10H2,(H,24,25). The van der Waals surface area contributed by atoms with Crippen LogP contribution in [-0.2, 0) is 12.7 Å². The number of hydrogen-bond acceptors (Lipinski definition) is 4. The Morgan fingerprint density at radius 1 is 1.12 bits per heavy atom. The molecule has 8 heteroatoms. The zero-order valence-electron chi connectivity index (χ0n) is 13.7. The van der Waals surface area contributed by atoms with Gasteiger partial charge in [0.05, 0.1) is 11.1 Å². The van der Waals surface area contributed by atoms with E-state index >= 15 is 0 Å². The summed E-state index contributed by atoms with van der Waals surface area (Å²) in [5.74, 6) is 0. The van der Waals surface area contributed by atoms with Crippen molar-refractivity contribution in [1.82, 2.24) is 10.3 Å². The Bertz CT molecular complexity index is 879. The molecule has 0 radical (unpaired) electrons. The van der Waals surface area contributed by atoms with E-state index in [9.17, 15) is 13.2 Å². The van der Waals surface area contributed by atoms with Gasteiger partial charge < -0.3 is 10.6 Å². The van der Waals surface area contributed by atoms with Crippen LogP contribution in [-0.4, -0.2) is 18.1 Å². The lowest BCUT2D eigenvalue weighted by molar-refractivity contribution is -0.137. The molecule has 138 valence electrons. The van der Waals surface area contributed by atoms with E-state index in [1.54, 1.807) is 17.4 Å². The van der Waals surface area contributed by atoms with Crippen molar-refractivity contribution in [2.75, 3.05) is 18.4 Å². The van der Waals surface area contributed by atoms with Crippen LogP contribution in [0.2, 0.25) is 0 Å². The molecule has 0 unspecified atom stereocenters. The number of nitrogens with zero attached hydrogens (tertiary/aromatic N) is 1. The van der Waals surface area contributed by atoms with Gasteiger partial charge in [0.1, 0.15) is 0 Å².